The summed E-state index contributed by atoms with van der Waals surface area (Å²) in [6, 6.07) is 5.73. The van der Waals surface area contributed by atoms with E-state index in [2.05, 4.69) is 15.0 Å². The van der Waals surface area contributed by atoms with Gasteiger partial charge in [0, 0.05) is 18.0 Å². The van der Waals surface area contributed by atoms with E-state index in [4.69, 9.17) is 10.5 Å². The van der Waals surface area contributed by atoms with Crippen LogP contribution in [0.4, 0.5) is 0 Å². The minimum atomic E-state index is 0.457. The van der Waals surface area contributed by atoms with Crippen molar-refractivity contribution >= 4 is 22.4 Å². The highest BCUT2D eigenvalue weighted by Gasteiger charge is 2.09. The summed E-state index contributed by atoms with van der Waals surface area (Å²) in [4.78, 5) is 12.1. The predicted molar refractivity (Wildman–Crippen MR) is 71.6 cm³/mol. The number of nitrogens with zero attached hydrogens (tertiary/aromatic N) is 2. The molecule has 0 saturated carbocycles. The Labute approximate surface area is 108 Å². The zero-order chi connectivity index (χ0) is 12.5. The Morgan fingerprint density at radius 2 is 2.28 bits per heavy atom. The minimum Gasteiger partial charge on any atom is -0.497 e. The van der Waals surface area contributed by atoms with Crippen molar-refractivity contribution < 1.29 is 4.74 Å². The molecule has 3 N–H and O–H groups in total. The van der Waals surface area contributed by atoms with Gasteiger partial charge in [-0.3, -0.25) is 0 Å². The largest absolute Gasteiger partial charge is 0.497 e. The number of nitrogens with one attached hydrogen (secondary N) is 1. The number of hydrogen-bond donors (Lipinski definition) is 2. The number of fused-ring (bicyclic) bond motifs is 1. The van der Waals surface area contributed by atoms with Gasteiger partial charge in [0.2, 0.25) is 0 Å². The molecule has 5 nitrogen and oxygen atoms in total. The van der Waals surface area contributed by atoms with Crippen molar-refractivity contribution in [2.24, 2.45) is 5.73 Å². The molecule has 92 valence electrons. The zero-order valence-electron chi connectivity index (χ0n) is 9.80. The van der Waals surface area contributed by atoms with Gasteiger partial charge >= 0.3 is 0 Å². The Morgan fingerprint density at radius 3 is 3.00 bits per heavy atom. The van der Waals surface area contributed by atoms with Gasteiger partial charge in [-0.1, -0.05) is 0 Å². The fraction of sp³-hybridized carbons (Fsp3) is 0.167. The molecule has 0 fully saturated rings. The normalized spacial score (nSPS) is 11.0. The van der Waals surface area contributed by atoms with Crippen molar-refractivity contribution in [1.29, 1.82) is 0 Å². The van der Waals surface area contributed by atoms with E-state index in [9.17, 15) is 0 Å². The zero-order valence-corrected chi connectivity index (χ0v) is 10.6. The molecule has 2 aromatic heterocycles. The van der Waals surface area contributed by atoms with Crippen LogP contribution in [-0.2, 0) is 6.54 Å². The van der Waals surface area contributed by atoms with E-state index < -0.39 is 0 Å². The Bertz CT molecular complexity index is 688. The fourth-order valence-corrected chi connectivity index (χ4v) is 2.41. The van der Waals surface area contributed by atoms with Gasteiger partial charge in [-0.05, 0) is 12.1 Å². The number of nitrogens with two attached hydrogens (primary N) is 1. The van der Waals surface area contributed by atoms with E-state index in [1.807, 2.05) is 23.6 Å². The second-order valence-corrected chi connectivity index (χ2v) is 4.74. The maximum atomic E-state index is 5.55. The summed E-state index contributed by atoms with van der Waals surface area (Å²) in [5, 5.41) is 2.86. The number of aromatic amines is 1. The molecule has 1 aromatic carbocycles. The maximum Gasteiger partial charge on any atom is 0.158 e. The van der Waals surface area contributed by atoms with Gasteiger partial charge in [-0.15, -0.1) is 11.3 Å². The van der Waals surface area contributed by atoms with Crippen molar-refractivity contribution in [2.75, 3.05) is 7.11 Å². The van der Waals surface area contributed by atoms with Gasteiger partial charge in [0.15, 0.2) is 5.82 Å². The monoisotopic (exact) mass is 260 g/mol. The number of benzene rings is 1. The molecular weight excluding hydrogens is 248 g/mol. The molecule has 6 heteroatoms. The van der Waals surface area contributed by atoms with Crippen molar-refractivity contribution in [3.63, 3.8) is 0 Å². The highest BCUT2D eigenvalue weighted by atomic mass is 32.1. The van der Waals surface area contributed by atoms with Gasteiger partial charge in [-0.2, -0.15) is 0 Å². The van der Waals surface area contributed by atoms with E-state index in [-0.39, 0.29) is 0 Å². The summed E-state index contributed by atoms with van der Waals surface area (Å²) in [6.07, 6.45) is 0. The van der Waals surface area contributed by atoms with Crippen molar-refractivity contribution in [3.8, 4) is 17.3 Å². The van der Waals surface area contributed by atoms with Gasteiger partial charge in [0.05, 0.1) is 18.1 Å². The van der Waals surface area contributed by atoms with E-state index in [1.165, 1.54) is 0 Å². The molecule has 0 bridgehead atoms. The number of H-pyrrole nitrogens is 1. The molecule has 0 unspecified atom stereocenters. The van der Waals surface area contributed by atoms with Crippen molar-refractivity contribution in [3.05, 3.63) is 28.6 Å². The summed E-state index contributed by atoms with van der Waals surface area (Å²) < 4.78 is 5.18. The molecule has 0 radical (unpaired) electrons. The third-order valence-electron chi connectivity index (χ3n) is 2.66. The number of thiazole rings is 1. The second-order valence-electron chi connectivity index (χ2n) is 3.80. The number of imidazole rings is 1. The van der Waals surface area contributed by atoms with Crippen LogP contribution in [0.25, 0.3) is 22.6 Å². The molecule has 0 aliphatic heterocycles. The molecule has 3 rings (SSSR count). The Balaban J connectivity index is 2.07. The van der Waals surface area contributed by atoms with Gasteiger partial charge in [-0.25, -0.2) is 9.97 Å². The lowest BCUT2D eigenvalue weighted by Gasteiger charge is -1.96. The fourth-order valence-electron chi connectivity index (χ4n) is 1.75. The van der Waals surface area contributed by atoms with Crippen molar-refractivity contribution in [2.45, 2.75) is 6.54 Å². The van der Waals surface area contributed by atoms with Crippen molar-refractivity contribution in [1.82, 2.24) is 15.0 Å². The molecule has 0 amide bonds. The average Bonchev–Trinajstić information content (AvgIpc) is 3.03. The van der Waals surface area contributed by atoms with Crippen LogP contribution in [0.15, 0.2) is 23.6 Å². The first-order valence-electron chi connectivity index (χ1n) is 5.49. The Kier molecular flexibility index (Phi) is 2.73. The standard InChI is InChI=1S/C12H12N4OS/c1-17-7-2-3-8-9(4-7)16-12(15-8)10-6-18-11(5-13)14-10/h2-4,6H,5,13H2,1H3,(H,15,16). The van der Waals surface area contributed by atoms with Crippen LogP contribution < -0.4 is 10.5 Å². The number of ether oxygens (including phenoxy) is 1. The van der Waals surface area contributed by atoms with Crippen LogP contribution in [-0.4, -0.2) is 22.1 Å². The van der Waals surface area contributed by atoms with Crippen LogP contribution in [0, 0.1) is 0 Å². The maximum absolute atomic E-state index is 5.55. The minimum absolute atomic E-state index is 0.457. The molecule has 0 spiro atoms. The summed E-state index contributed by atoms with van der Waals surface area (Å²) in [7, 11) is 1.65. The lowest BCUT2D eigenvalue weighted by Crippen LogP contribution is -1.94. The van der Waals surface area contributed by atoms with Gasteiger partial charge in [0.25, 0.3) is 0 Å². The van der Waals surface area contributed by atoms with Crippen LogP contribution >= 0.6 is 11.3 Å². The highest BCUT2D eigenvalue weighted by Crippen LogP contribution is 2.24. The Morgan fingerprint density at radius 1 is 1.39 bits per heavy atom. The molecule has 0 aliphatic rings. The van der Waals surface area contributed by atoms with Crippen LogP contribution in [0.5, 0.6) is 5.75 Å². The number of hydrogen-bond acceptors (Lipinski definition) is 5. The van der Waals surface area contributed by atoms with E-state index in [1.54, 1.807) is 18.4 Å². The average molecular weight is 260 g/mol. The molecule has 0 atom stereocenters. The topological polar surface area (TPSA) is 76.8 Å². The highest BCUT2D eigenvalue weighted by molar-refractivity contribution is 7.09. The summed E-state index contributed by atoms with van der Waals surface area (Å²) in [5.41, 5.74) is 8.22. The lowest BCUT2D eigenvalue weighted by atomic mass is 10.3. The van der Waals surface area contributed by atoms with E-state index in [0.29, 0.717) is 6.54 Å². The smallest absolute Gasteiger partial charge is 0.158 e. The quantitative estimate of drug-likeness (QED) is 0.756. The van der Waals surface area contributed by atoms with Gasteiger partial charge in [0.1, 0.15) is 16.5 Å². The third kappa shape index (κ3) is 1.85. The first kappa shape index (κ1) is 11.2. The summed E-state index contributed by atoms with van der Waals surface area (Å²) >= 11 is 1.54. The van der Waals surface area contributed by atoms with E-state index in [0.717, 1.165) is 33.3 Å². The molecule has 0 aliphatic carbocycles. The first-order valence-corrected chi connectivity index (χ1v) is 6.36. The Hall–Kier alpha value is -1.92. The van der Waals surface area contributed by atoms with Gasteiger partial charge < -0.3 is 15.5 Å². The summed E-state index contributed by atoms with van der Waals surface area (Å²) in [5.74, 6) is 1.56. The molecule has 0 saturated heterocycles. The molecule has 2 heterocycles. The summed E-state index contributed by atoms with van der Waals surface area (Å²) in [6.45, 7) is 0.457. The second kappa shape index (κ2) is 4.40. The van der Waals surface area contributed by atoms with Crippen LogP contribution in [0.1, 0.15) is 5.01 Å². The van der Waals surface area contributed by atoms with Crippen LogP contribution in [0.3, 0.4) is 0 Å². The first-order chi connectivity index (χ1) is 8.80. The van der Waals surface area contributed by atoms with Crippen LogP contribution in [0.2, 0.25) is 0 Å². The SMILES string of the molecule is COc1ccc2nc(-c3csc(CN)n3)[nH]c2c1. The number of aromatic nitrogens is 3. The molecule has 3 aromatic rings. The number of rotatable bonds is 3. The van der Waals surface area contributed by atoms with E-state index >= 15 is 0 Å². The lowest BCUT2D eigenvalue weighted by molar-refractivity contribution is 0.415. The predicted octanol–water partition coefficient (Wildman–Crippen LogP) is 2.15. The third-order valence-corrected chi connectivity index (χ3v) is 3.53. The number of methoxy groups -OCH3 is 1. The molecular formula is C12H12N4OS. The molecule has 18 heavy (non-hydrogen) atoms.